The maximum absolute atomic E-state index is 15.2. The van der Waals surface area contributed by atoms with Crippen molar-refractivity contribution in [2.45, 2.75) is 58.5 Å². The van der Waals surface area contributed by atoms with Crippen LogP contribution in [0.2, 0.25) is 0 Å². The van der Waals surface area contributed by atoms with E-state index in [0.29, 0.717) is 23.9 Å². The van der Waals surface area contributed by atoms with Gasteiger partial charge in [0.1, 0.15) is 5.82 Å². The van der Waals surface area contributed by atoms with Gasteiger partial charge in [-0.2, -0.15) is 10.4 Å². The number of hydrogen-bond acceptors (Lipinski definition) is 7. The summed E-state index contributed by atoms with van der Waals surface area (Å²) in [5.74, 6) is -0.0299. The minimum Gasteiger partial charge on any atom is -0.367 e. The van der Waals surface area contributed by atoms with Gasteiger partial charge in [-0.3, -0.25) is 9.48 Å². The average Bonchev–Trinajstić information content (AvgIpc) is 3.39. The van der Waals surface area contributed by atoms with Crippen LogP contribution >= 0.6 is 0 Å². The molecule has 1 atom stereocenters. The third-order valence-corrected chi connectivity index (χ3v) is 6.71. The molecule has 194 valence electrons. The van der Waals surface area contributed by atoms with Gasteiger partial charge in [-0.15, -0.1) is 0 Å². The van der Waals surface area contributed by atoms with E-state index in [2.05, 4.69) is 34.2 Å². The molecule has 1 unspecified atom stereocenters. The van der Waals surface area contributed by atoms with Crippen molar-refractivity contribution in [2.75, 3.05) is 30.4 Å². The Morgan fingerprint density at radius 3 is 2.86 bits per heavy atom. The van der Waals surface area contributed by atoms with Crippen molar-refractivity contribution in [3.05, 3.63) is 48.2 Å². The van der Waals surface area contributed by atoms with E-state index < -0.39 is 0 Å². The van der Waals surface area contributed by atoms with E-state index in [0.717, 1.165) is 36.2 Å². The van der Waals surface area contributed by atoms with E-state index >= 15 is 4.39 Å². The molecule has 1 aliphatic heterocycles. The molecule has 1 saturated heterocycles. The number of aryl methyl sites for hydroxylation is 1. The smallest absolute Gasteiger partial charge is 0.227 e. The van der Waals surface area contributed by atoms with E-state index in [1.807, 2.05) is 34.8 Å². The van der Waals surface area contributed by atoms with Crippen LogP contribution in [0.1, 0.15) is 51.1 Å². The molecule has 3 heterocycles. The second-order valence-corrected chi connectivity index (χ2v) is 9.72. The molecular weight excluding hydrogens is 471 g/mol. The molecule has 10 heteroatoms. The topological polar surface area (TPSA) is 103 Å². The number of anilines is 3. The molecule has 1 aliphatic rings. The average molecular weight is 505 g/mol. The second kappa shape index (κ2) is 11.4. The number of likely N-dealkylation sites (N-methyl/N-ethyl adjacent to an activating group) is 1. The number of benzene rings is 1. The molecule has 0 bridgehead atoms. The lowest BCUT2D eigenvalue weighted by atomic mass is 10.0. The van der Waals surface area contributed by atoms with Crippen molar-refractivity contribution in [3.63, 3.8) is 0 Å². The highest BCUT2D eigenvalue weighted by molar-refractivity contribution is 5.76. The number of nitrogens with zero attached hydrogens (tertiary/aromatic N) is 7. The molecular formula is C27H33FN8O. The Labute approximate surface area is 216 Å². The molecule has 0 spiro atoms. The molecule has 2 aromatic heterocycles. The molecule has 1 aromatic carbocycles. The van der Waals surface area contributed by atoms with Gasteiger partial charge >= 0.3 is 0 Å². The minimum absolute atomic E-state index is 0.0171. The predicted molar refractivity (Wildman–Crippen MR) is 141 cm³/mol. The Kier molecular flexibility index (Phi) is 8.01. The van der Waals surface area contributed by atoms with E-state index in [4.69, 9.17) is 5.26 Å². The van der Waals surface area contributed by atoms with E-state index in [-0.39, 0.29) is 36.6 Å². The maximum Gasteiger partial charge on any atom is 0.227 e. The summed E-state index contributed by atoms with van der Waals surface area (Å²) in [5.41, 5.74) is 3.64. The van der Waals surface area contributed by atoms with Gasteiger partial charge in [0, 0.05) is 68.7 Å². The molecule has 3 aromatic rings. The zero-order valence-electron chi connectivity index (χ0n) is 21.8. The first-order valence-corrected chi connectivity index (χ1v) is 12.6. The number of rotatable bonds is 8. The first-order chi connectivity index (χ1) is 17.8. The maximum atomic E-state index is 15.2. The van der Waals surface area contributed by atoms with Crippen LogP contribution < -0.4 is 10.2 Å². The molecule has 0 radical (unpaired) electrons. The summed E-state index contributed by atoms with van der Waals surface area (Å²) in [7, 11) is 1.76. The van der Waals surface area contributed by atoms with Crippen LogP contribution in [0.15, 0.2) is 36.8 Å². The first kappa shape index (κ1) is 26.1. The number of halogens is 1. The highest BCUT2D eigenvalue weighted by Crippen LogP contribution is 2.29. The molecule has 9 nitrogen and oxygen atoms in total. The number of nitriles is 1. The molecule has 0 saturated carbocycles. The van der Waals surface area contributed by atoms with Gasteiger partial charge in [0.2, 0.25) is 11.9 Å². The van der Waals surface area contributed by atoms with E-state index in [1.165, 1.54) is 6.07 Å². The Morgan fingerprint density at radius 2 is 2.16 bits per heavy atom. The molecule has 4 rings (SSSR count). The minimum atomic E-state index is -0.352. The molecule has 1 fully saturated rings. The van der Waals surface area contributed by atoms with Gasteiger partial charge in [0.15, 0.2) is 0 Å². The third kappa shape index (κ3) is 6.05. The Morgan fingerprint density at radius 1 is 1.35 bits per heavy atom. The summed E-state index contributed by atoms with van der Waals surface area (Å²) in [6.07, 6.45) is 7.61. The number of hydrogen-bond donors (Lipinski definition) is 1. The number of piperidine rings is 1. The van der Waals surface area contributed by atoms with Crippen molar-refractivity contribution in [3.8, 4) is 17.3 Å². The zero-order chi connectivity index (χ0) is 26.5. The summed E-state index contributed by atoms with van der Waals surface area (Å²) < 4.78 is 17.1. The van der Waals surface area contributed by atoms with Gasteiger partial charge in [0.05, 0.1) is 23.6 Å². The van der Waals surface area contributed by atoms with Gasteiger partial charge in [-0.05, 0) is 57.4 Å². The lowest BCUT2D eigenvalue weighted by molar-refractivity contribution is -0.132. The van der Waals surface area contributed by atoms with Crippen LogP contribution in [0.4, 0.5) is 21.7 Å². The first-order valence-electron chi connectivity index (χ1n) is 12.6. The number of nitrogens with one attached hydrogen (secondary N) is 1. The fourth-order valence-electron chi connectivity index (χ4n) is 4.54. The molecule has 1 amide bonds. The summed E-state index contributed by atoms with van der Waals surface area (Å²) in [6.45, 7) is 7.34. The highest BCUT2D eigenvalue weighted by Gasteiger charge is 2.27. The summed E-state index contributed by atoms with van der Waals surface area (Å²) >= 11 is 0. The lowest BCUT2D eigenvalue weighted by Gasteiger charge is -2.39. The number of amides is 1. The molecule has 37 heavy (non-hydrogen) atoms. The van der Waals surface area contributed by atoms with Crippen LogP contribution in [0.25, 0.3) is 11.3 Å². The van der Waals surface area contributed by atoms with E-state index in [1.54, 1.807) is 30.4 Å². The quantitative estimate of drug-likeness (QED) is 0.468. The Bertz CT molecular complexity index is 1300. The van der Waals surface area contributed by atoms with Gasteiger partial charge in [-0.1, -0.05) is 0 Å². The van der Waals surface area contributed by atoms with Crippen molar-refractivity contribution in [2.24, 2.45) is 0 Å². The largest absolute Gasteiger partial charge is 0.367 e. The van der Waals surface area contributed by atoms with Crippen LogP contribution in [-0.4, -0.2) is 56.7 Å². The second-order valence-electron chi connectivity index (χ2n) is 9.72. The highest BCUT2D eigenvalue weighted by atomic mass is 19.1. The fourth-order valence-corrected chi connectivity index (χ4v) is 4.54. The van der Waals surface area contributed by atoms with Crippen LogP contribution in [0.3, 0.4) is 0 Å². The fraction of sp³-hybridized carbons (Fsp3) is 0.444. The molecule has 1 N–H and O–H groups in total. The van der Waals surface area contributed by atoms with Crippen LogP contribution in [-0.2, 0) is 4.79 Å². The van der Waals surface area contributed by atoms with Crippen LogP contribution in [0.5, 0.6) is 0 Å². The number of aromatic nitrogens is 4. The third-order valence-electron chi connectivity index (χ3n) is 6.71. The van der Waals surface area contributed by atoms with Gasteiger partial charge in [-0.25, -0.2) is 14.4 Å². The SMILES string of the molecule is Cc1cnc(Nc2ccc(N3CCCC(N(C)C(=O)CCC#N)C3)c(F)c2)nc1-c1cnn(C(C)C)c1. The normalized spacial score (nSPS) is 15.5. The lowest BCUT2D eigenvalue weighted by Crippen LogP contribution is -2.48. The Hall–Kier alpha value is -4.00. The number of carbonyl (C=O) groups is 1. The zero-order valence-corrected chi connectivity index (χ0v) is 21.8. The van der Waals surface area contributed by atoms with Gasteiger partial charge < -0.3 is 15.1 Å². The van der Waals surface area contributed by atoms with Crippen molar-refractivity contribution in [1.29, 1.82) is 5.26 Å². The predicted octanol–water partition coefficient (Wildman–Crippen LogP) is 4.84. The van der Waals surface area contributed by atoms with Crippen molar-refractivity contribution in [1.82, 2.24) is 24.6 Å². The summed E-state index contributed by atoms with van der Waals surface area (Å²) in [4.78, 5) is 25.1. The van der Waals surface area contributed by atoms with Crippen molar-refractivity contribution < 1.29 is 9.18 Å². The van der Waals surface area contributed by atoms with Gasteiger partial charge in [0.25, 0.3) is 0 Å². The summed E-state index contributed by atoms with van der Waals surface area (Å²) in [5, 5.41) is 16.3. The van der Waals surface area contributed by atoms with E-state index in [9.17, 15) is 4.79 Å². The summed E-state index contributed by atoms with van der Waals surface area (Å²) in [6, 6.07) is 7.25. The van der Waals surface area contributed by atoms with Crippen LogP contribution in [0, 0.1) is 24.1 Å². The monoisotopic (exact) mass is 504 g/mol. The Balaban J connectivity index is 1.47. The standard InChI is InChI=1S/C27H33FN8O/c1-18(2)36-16-20(15-31-36)26-19(3)14-30-27(33-26)32-21-9-10-24(23(28)13-21)35-12-6-7-22(17-35)34(4)25(37)8-5-11-29/h9-10,13-16,18,22H,5-8,12,17H2,1-4H3,(H,30,32,33). The van der Waals surface area contributed by atoms with Crippen molar-refractivity contribution >= 4 is 23.2 Å². The molecule has 0 aliphatic carbocycles. The number of carbonyl (C=O) groups excluding carboxylic acids is 1.